The number of aromatic nitrogens is 1. The summed E-state index contributed by atoms with van der Waals surface area (Å²) in [7, 11) is 0. The molecule has 4 heteroatoms. The van der Waals surface area contributed by atoms with Crippen molar-refractivity contribution in [2.45, 2.75) is 36.9 Å². The van der Waals surface area contributed by atoms with E-state index in [0.29, 0.717) is 13.2 Å². The molecule has 3 heterocycles. The van der Waals surface area contributed by atoms with Gasteiger partial charge in [0.1, 0.15) is 5.60 Å². The van der Waals surface area contributed by atoms with Crippen LogP contribution in [-0.2, 0) is 27.2 Å². The van der Waals surface area contributed by atoms with Crippen LogP contribution in [0.1, 0.15) is 36.0 Å². The van der Waals surface area contributed by atoms with Crippen LogP contribution in [0.4, 0.5) is 0 Å². The molecule has 2 aromatic carbocycles. The maximum Gasteiger partial charge on any atom is 0.233 e. The van der Waals surface area contributed by atoms with Gasteiger partial charge < -0.3 is 9.64 Å². The maximum absolute atomic E-state index is 13.7. The molecule has 1 aromatic heterocycles. The van der Waals surface area contributed by atoms with Crippen molar-refractivity contribution in [2.75, 3.05) is 13.1 Å². The van der Waals surface area contributed by atoms with Gasteiger partial charge in [-0.15, -0.1) is 0 Å². The normalized spacial score (nSPS) is 24.6. The zero-order valence-corrected chi connectivity index (χ0v) is 15.7. The molecule has 4 nitrogen and oxygen atoms in total. The molecule has 28 heavy (non-hydrogen) atoms. The number of rotatable bonds is 2. The molecule has 1 saturated heterocycles. The lowest BCUT2D eigenvalue weighted by atomic mass is 9.89. The Bertz CT molecular complexity index is 1100. The number of ether oxygens (including phenoxy) is 1. The number of likely N-dealkylation sites (tertiary alicyclic amines) is 1. The van der Waals surface area contributed by atoms with Crippen molar-refractivity contribution in [3.8, 4) is 0 Å². The number of nitrogens with zero attached hydrogens (tertiary/aromatic N) is 2. The Labute approximate surface area is 164 Å². The van der Waals surface area contributed by atoms with E-state index in [1.54, 1.807) is 0 Å². The van der Waals surface area contributed by atoms with Gasteiger partial charge in [-0.1, -0.05) is 42.5 Å². The predicted octanol–water partition coefficient (Wildman–Crippen LogP) is 3.92. The molecule has 140 valence electrons. The minimum absolute atomic E-state index is 0.270. The fourth-order valence-electron chi connectivity index (χ4n) is 5.24. The zero-order chi connectivity index (χ0) is 18.8. The molecule has 6 rings (SSSR count). The second-order valence-electron chi connectivity index (χ2n) is 8.40. The van der Waals surface area contributed by atoms with Gasteiger partial charge in [-0.2, -0.15) is 0 Å². The number of amides is 1. The summed E-state index contributed by atoms with van der Waals surface area (Å²) in [4.78, 5) is 20.0. The summed E-state index contributed by atoms with van der Waals surface area (Å²) in [6.45, 7) is 2.00. The van der Waals surface area contributed by atoms with Crippen LogP contribution in [0, 0.1) is 0 Å². The summed E-state index contributed by atoms with van der Waals surface area (Å²) < 4.78 is 6.23. The molecule has 0 bridgehead atoms. The summed E-state index contributed by atoms with van der Waals surface area (Å²) in [5.41, 5.74) is 2.86. The number of benzene rings is 2. The highest BCUT2D eigenvalue weighted by atomic mass is 16.5. The molecule has 1 unspecified atom stereocenters. The summed E-state index contributed by atoms with van der Waals surface area (Å²) in [5, 5.41) is 2.41. The van der Waals surface area contributed by atoms with Crippen LogP contribution in [0.15, 0.2) is 60.9 Å². The number of fused-ring (bicyclic) bond motifs is 3. The monoisotopic (exact) mass is 370 g/mol. The average molecular weight is 370 g/mol. The molecule has 3 aromatic rings. The van der Waals surface area contributed by atoms with Crippen LogP contribution < -0.4 is 0 Å². The van der Waals surface area contributed by atoms with E-state index >= 15 is 0 Å². The van der Waals surface area contributed by atoms with Gasteiger partial charge >= 0.3 is 0 Å². The fourth-order valence-corrected chi connectivity index (χ4v) is 5.24. The Kier molecular flexibility index (Phi) is 3.28. The Balaban J connectivity index is 1.34. The Morgan fingerprint density at radius 1 is 1.00 bits per heavy atom. The van der Waals surface area contributed by atoms with Gasteiger partial charge in [-0.05, 0) is 47.2 Å². The molecule has 1 atom stereocenters. The third-order valence-corrected chi connectivity index (χ3v) is 6.88. The first-order valence-electron chi connectivity index (χ1n) is 10.1. The SMILES string of the molecule is O=C(N1CCC2(C1)OCc1cnccc12)C1(c2cccc3ccccc23)CC1. The van der Waals surface area contributed by atoms with E-state index in [2.05, 4.69) is 53.5 Å². The number of carbonyl (C=O) groups is 1. The van der Waals surface area contributed by atoms with Crippen LogP contribution in [0.2, 0.25) is 0 Å². The van der Waals surface area contributed by atoms with Crippen LogP contribution in [0.3, 0.4) is 0 Å². The van der Waals surface area contributed by atoms with Crippen LogP contribution in [0.25, 0.3) is 10.8 Å². The Morgan fingerprint density at radius 3 is 2.75 bits per heavy atom. The van der Waals surface area contributed by atoms with E-state index in [1.807, 2.05) is 17.3 Å². The van der Waals surface area contributed by atoms with Crippen LogP contribution in [0.5, 0.6) is 0 Å². The standard InChI is InChI=1S/C24H22N2O2/c27-22(23(9-10-23)21-7-3-5-17-4-1-2-6-19(17)21)26-13-11-24(16-26)20-8-12-25-14-18(20)15-28-24/h1-8,12,14H,9-11,13,15-16H2. The van der Waals surface area contributed by atoms with E-state index in [-0.39, 0.29) is 16.9 Å². The van der Waals surface area contributed by atoms with Crippen LogP contribution in [-0.4, -0.2) is 28.9 Å². The predicted molar refractivity (Wildman–Crippen MR) is 107 cm³/mol. The molecule has 3 aliphatic rings. The van der Waals surface area contributed by atoms with Gasteiger partial charge in [0.2, 0.25) is 5.91 Å². The minimum Gasteiger partial charge on any atom is -0.364 e. The molecule has 1 aliphatic carbocycles. The van der Waals surface area contributed by atoms with Gasteiger partial charge in [0.05, 0.1) is 18.6 Å². The third kappa shape index (κ3) is 2.15. The first kappa shape index (κ1) is 16.3. The molecule has 1 amide bonds. The van der Waals surface area contributed by atoms with E-state index < -0.39 is 0 Å². The lowest BCUT2D eigenvalue weighted by molar-refractivity contribution is -0.134. The fraction of sp³-hybridized carbons (Fsp3) is 0.333. The quantitative estimate of drug-likeness (QED) is 0.687. The second kappa shape index (κ2) is 5.65. The van der Waals surface area contributed by atoms with Gasteiger partial charge in [0.25, 0.3) is 0 Å². The summed E-state index contributed by atoms with van der Waals surface area (Å²) in [6.07, 6.45) is 6.46. The van der Waals surface area contributed by atoms with E-state index in [9.17, 15) is 4.79 Å². The van der Waals surface area contributed by atoms with Crippen molar-refractivity contribution in [1.82, 2.24) is 9.88 Å². The van der Waals surface area contributed by atoms with Crippen molar-refractivity contribution in [1.29, 1.82) is 0 Å². The molecule has 0 N–H and O–H groups in total. The van der Waals surface area contributed by atoms with Crippen molar-refractivity contribution in [2.24, 2.45) is 0 Å². The smallest absolute Gasteiger partial charge is 0.233 e. The van der Waals surface area contributed by atoms with E-state index in [1.165, 1.54) is 21.9 Å². The molecular formula is C24H22N2O2. The molecule has 2 fully saturated rings. The molecule has 1 spiro atoms. The number of hydrogen-bond acceptors (Lipinski definition) is 3. The highest BCUT2D eigenvalue weighted by Gasteiger charge is 2.56. The largest absolute Gasteiger partial charge is 0.364 e. The molecule has 2 aliphatic heterocycles. The van der Waals surface area contributed by atoms with Gasteiger partial charge in [-0.3, -0.25) is 9.78 Å². The molecular weight excluding hydrogens is 348 g/mol. The minimum atomic E-state index is -0.355. The van der Waals surface area contributed by atoms with Gasteiger partial charge in [-0.25, -0.2) is 0 Å². The highest BCUT2D eigenvalue weighted by Crippen LogP contribution is 2.53. The van der Waals surface area contributed by atoms with E-state index in [0.717, 1.165) is 31.4 Å². The number of carbonyl (C=O) groups excluding carboxylic acids is 1. The molecule has 1 saturated carbocycles. The zero-order valence-electron chi connectivity index (χ0n) is 15.7. The highest BCUT2D eigenvalue weighted by molar-refractivity contribution is 5.98. The van der Waals surface area contributed by atoms with Crippen molar-refractivity contribution in [3.63, 3.8) is 0 Å². The first-order valence-corrected chi connectivity index (χ1v) is 10.1. The van der Waals surface area contributed by atoms with E-state index in [4.69, 9.17) is 4.74 Å². The Hall–Kier alpha value is -2.72. The first-order chi connectivity index (χ1) is 13.7. The lowest BCUT2D eigenvalue weighted by Crippen LogP contribution is -2.40. The topological polar surface area (TPSA) is 42.4 Å². The average Bonchev–Trinajstić information content (AvgIpc) is 3.32. The van der Waals surface area contributed by atoms with Gasteiger partial charge in [0.15, 0.2) is 0 Å². The number of pyridine rings is 1. The maximum atomic E-state index is 13.7. The van der Waals surface area contributed by atoms with Crippen molar-refractivity contribution < 1.29 is 9.53 Å². The van der Waals surface area contributed by atoms with Crippen LogP contribution >= 0.6 is 0 Å². The molecule has 0 radical (unpaired) electrons. The third-order valence-electron chi connectivity index (χ3n) is 6.88. The Morgan fingerprint density at radius 2 is 1.86 bits per heavy atom. The summed E-state index contributed by atoms with van der Waals surface area (Å²) in [5.74, 6) is 0.270. The van der Waals surface area contributed by atoms with Crippen molar-refractivity contribution in [3.05, 3.63) is 77.6 Å². The number of hydrogen-bond donors (Lipinski definition) is 0. The lowest BCUT2D eigenvalue weighted by Gasteiger charge is -2.27. The van der Waals surface area contributed by atoms with Crippen molar-refractivity contribution >= 4 is 16.7 Å². The second-order valence-corrected chi connectivity index (χ2v) is 8.40. The van der Waals surface area contributed by atoms with Gasteiger partial charge in [0, 0.05) is 24.5 Å². The summed E-state index contributed by atoms with van der Waals surface area (Å²) in [6, 6.07) is 16.8. The summed E-state index contributed by atoms with van der Waals surface area (Å²) >= 11 is 0.